The van der Waals surface area contributed by atoms with Crippen molar-refractivity contribution < 1.29 is 4.74 Å². The molecular formula is C20H34N4O. The summed E-state index contributed by atoms with van der Waals surface area (Å²) in [5, 5.41) is 6.84. The summed E-state index contributed by atoms with van der Waals surface area (Å²) in [6.07, 6.45) is 6.24. The number of hydrogen-bond donors (Lipinski definition) is 2. The lowest BCUT2D eigenvalue weighted by atomic mass is 10.0. The highest BCUT2D eigenvalue weighted by Crippen LogP contribution is 2.18. The zero-order valence-electron chi connectivity index (χ0n) is 16.1. The Morgan fingerprint density at radius 2 is 2.04 bits per heavy atom. The van der Waals surface area contributed by atoms with Gasteiger partial charge in [0.1, 0.15) is 5.75 Å². The van der Waals surface area contributed by atoms with Crippen molar-refractivity contribution in [3.8, 4) is 5.75 Å². The summed E-state index contributed by atoms with van der Waals surface area (Å²) in [5.74, 6) is 1.82. The number of nitrogens with zero attached hydrogens (tertiary/aromatic N) is 2. The van der Waals surface area contributed by atoms with Gasteiger partial charge in [-0.05, 0) is 43.9 Å². The van der Waals surface area contributed by atoms with Crippen molar-refractivity contribution in [2.24, 2.45) is 4.99 Å². The van der Waals surface area contributed by atoms with E-state index in [-0.39, 0.29) is 0 Å². The SMILES string of the molecule is CCC1CCCCN1CCNC(=NC)NCCc1ccccc1OC. The molecule has 0 bridgehead atoms. The van der Waals surface area contributed by atoms with Crippen LogP contribution in [0.1, 0.15) is 38.2 Å². The molecule has 0 aliphatic carbocycles. The summed E-state index contributed by atoms with van der Waals surface area (Å²) < 4.78 is 5.40. The van der Waals surface area contributed by atoms with E-state index in [0.717, 1.165) is 43.8 Å². The minimum atomic E-state index is 0.760. The highest BCUT2D eigenvalue weighted by atomic mass is 16.5. The van der Waals surface area contributed by atoms with Gasteiger partial charge in [0.05, 0.1) is 7.11 Å². The number of benzene rings is 1. The molecule has 140 valence electrons. The van der Waals surface area contributed by atoms with Gasteiger partial charge in [0.25, 0.3) is 0 Å². The van der Waals surface area contributed by atoms with Gasteiger partial charge in [-0.1, -0.05) is 31.5 Å². The first-order chi connectivity index (χ1) is 12.3. The second-order valence-corrected chi connectivity index (χ2v) is 6.58. The van der Waals surface area contributed by atoms with Gasteiger partial charge in [-0.25, -0.2) is 0 Å². The third kappa shape index (κ3) is 6.24. The van der Waals surface area contributed by atoms with Gasteiger partial charge >= 0.3 is 0 Å². The summed E-state index contributed by atoms with van der Waals surface area (Å²) in [5.41, 5.74) is 1.21. The van der Waals surface area contributed by atoms with E-state index in [4.69, 9.17) is 4.74 Å². The van der Waals surface area contributed by atoms with Gasteiger partial charge in [-0.2, -0.15) is 0 Å². The molecule has 1 fully saturated rings. The smallest absolute Gasteiger partial charge is 0.191 e. The molecule has 1 heterocycles. The first-order valence-corrected chi connectivity index (χ1v) is 9.59. The van der Waals surface area contributed by atoms with Crippen LogP contribution in [0.3, 0.4) is 0 Å². The molecule has 1 saturated heterocycles. The molecule has 5 nitrogen and oxygen atoms in total. The van der Waals surface area contributed by atoms with E-state index in [9.17, 15) is 0 Å². The summed E-state index contributed by atoms with van der Waals surface area (Å²) in [7, 11) is 3.55. The van der Waals surface area contributed by atoms with Crippen LogP contribution in [0.5, 0.6) is 5.75 Å². The number of hydrogen-bond acceptors (Lipinski definition) is 3. The fourth-order valence-corrected chi connectivity index (χ4v) is 3.58. The van der Waals surface area contributed by atoms with Gasteiger partial charge in [0.2, 0.25) is 0 Å². The van der Waals surface area contributed by atoms with Crippen LogP contribution >= 0.6 is 0 Å². The van der Waals surface area contributed by atoms with Crippen LogP contribution in [0.2, 0.25) is 0 Å². The van der Waals surface area contributed by atoms with Crippen LogP contribution in [0, 0.1) is 0 Å². The van der Waals surface area contributed by atoms with E-state index in [1.54, 1.807) is 7.11 Å². The molecule has 1 aliphatic heterocycles. The zero-order valence-corrected chi connectivity index (χ0v) is 16.1. The van der Waals surface area contributed by atoms with Crippen molar-refractivity contribution in [3.05, 3.63) is 29.8 Å². The molecule has 2 N–H and O–H groups in total. The lowest BCUT2D eigenvalue weighted by molar-refractivity contribution is 0.147. The highest BCUT2D eigenvalue weighted by molar-refractivity contribution is 5.79. The first-order valence-electron chi connectivity index (χ1n) is 9.59. The number of piperidine rings is 1. The van der Waals surface area contributed by atoms with Crippen LogP contribution in [-0.2, 0) is 6.42 Å². The van der Waals surface area contributed by atoms with E-state index in [0.29, 0.717) is 0 Å². The van der Waals surface area contributed by atoms with E-state index in [1.807, 2.05) is 25.2 Å². The lowest BCUT2D eigenvalue weighted by Crippen LogP contribution is -2.46. The maximum absolute atomic E-state index is 5.40. The third-order valence-corrected chi connectivity index (χ3v) is 5.01. The van der Waals surface area contributed by atoms with E-state index in [2.05, 4.69) is 33.5 Å². The third-order valence-electron chi connectivity index (χ3n) is 5.01. The number of ether oxygens (including phenoxy) is 1. The Morgan fingerprint density at radius 1 is 1.24 bits per heavy atom. The Labute approximate surface area is 152 Å². The normalized spacial score (nSPS) is 18.8. The molecule has 0 amide bonds. The Balaban J connectivity index is 1.70. The number of nitrogens with one attached hydrogen (secondary N) is 2. The van der Waals surface area contributed by atoms with Crippen LogP contribution in [0.4, 0.5) is 0 Å². The number of para-hydroxylation sites is 1. The second kappa shape index (κ2) is 11.0. The van der Waals surface area contributed by atoms with Crippen molar-refractivity contribution in [2.75, 3.05) is 40.3 Å². The molecule has 1 atom stereocenters. The highest BCUT2D eigenvalue weighted by Gasteiger charge is 2.19. The fourth-order valence-electron chi connectivity index (χ4n) is 3.58. The number of methoxy groups -OCH3 is 1. The summed E-state index contributed by atoms with van der Waals surface area (Å²) in [6, 6.07) is 8.92. The topological polar surface area (TPSA) is 48.9 Å². The largest absolute Gasteiger partial charge is 0.496 e. The van der Waals surface area contributed by atoms with Gasteiger partial charge in [0.15, 0.2) is 5.96 Å². The van der Waals surface area contributed by atoms with Crippen LogP contribution in [0.15, 0.2) is 29.3 Å². The predicted octanol–water partition coefficient (Wildman–Crippen LogP) is 2.67. The molecule has 0 spiro atoms. The predicted molar refractivity (Wildman–Crippen MR) is 106 cm³/mol. The molecule has 1 aromatic rings. The van der Waals surface area contributed by atoms with Crippen molar-refractivity contribution in [2.45, 2.75) is 45.1 Å². The summed E-state index contributed by atoms with van der Waals surface area (Å²) >= 11 is 0. The van der Waals surface area contributed by atoms with Crippen molar-refractivity contribution in [3.63, 3.8) is 0 Å². The van der Waals surface area contributed by atoms with E-state index < -0.39 is 0 Å². The number of guanidine groups is 1. The lowest BCUT2D eigenvalue weighted by Gasteiger charge is -2.35. The van der Waals surface area contributed by atoms with Crippen LogP contribution in [-0.4, -0.2) is 57.2 Å². The molecule has 0 saturated carbocycles. The van der Waals surface area contributed by atoms with Gasteiger partial charge in [0, 0.05) is 32.7 Å². The van der Waals surface area contributed by atoms with Crippen LogP contribution < -0.4 is 15.4 Å². The minimum Gasteiger partial charge on any atom is -0.496 e. The molecule has 0 radical (unpaired) electrons. The molecule has 0 aromatic heterocycles. The average Bonchev–Trinajstić information content (AvgIpc) is 2.67. The second-order valence-electron chi connectivity index (χ2n) is 6.58. The van der Waals surface area contributed by atoms with Crippen LogP contribution in [0.25, 0.3) is 0 Å². The van der Waals surface area contributed by atoms with E-state index >= 15 is 0 Å². The summed E-state index contributed by atoms with van der Waals surface area (Å²) in [4.78, 5) is 6.95. The maximum Gasteiger partial charge on any atom is 0.191 e. The number of aliphatic imine (C=N–C) groups is 1. The molecule has 1 aliphatic rings. The molecule has 25 heavy (non-hydrogen) atoms. The monoisotopic (exact) mass is 346 g/mol. The van der Waals surface area contributed by atoms with E-state index in [1.165, 1.54) is 37.8 Å². The van der Waals surface area contributed by atoms with Gasteiger partial charge in [-0.15, -0.1) is 0 Å². The molecule has 1 aromatic carbocycles. The fraction of sp³-hybridized carbons (Fsp3) is 0.650. The average molecular weight is 347 g/mol. The summed E-state index contributed by atoms with van der Waals surface area (Å²) in [6.45, 7) is 6.40. The minimum absolute atomic E-state index is 0.760. The quantitative estimate of drug-likeness (QED) is 0.561. The Hall–Kier alpha value is -1.75. The Morgan fingerprint density at radius 3 is 2.80 bits per heavy atom. The van der Waals surface area contributed by atoms with Crippen molar-refractivity contribution >= 4 is 5.96 Å². The van der Waals surface area contributed by atoms with Gasteiger partial charge < -0.3 is 15.4 Å². The Bertz CT molecular complexity index is 532. The molecule has 1 unspecified atom stereocenters. The Kier molecular flexibility index (Phi) is 8.60. The van der Waals surface area contributed by atoms with Crippen molar-refractivity contribution in [1.82, 2.24) is 15.5 Å². The first kappa shape index (κ1) is 19.6. The van der Waals surface area contributed by atoms with Crippen molar-refractivity contribution in [1.29, 1.82) is 0 Å². The number of likely N-dealkylation sites (tertiary alicyclic amines) is 1. The molecule has 2 rings (SSSR count). The maximum atomic E-state index is 5.40. The molecule has 5 heteroatoms. The standard InChI is InChI=1S/C20H34N4O/c1-4-18-10-7-8-15-24(18)16-14-23-20(21-2)22-13-12-17-9-5-6-11-19(17)25-3/h5-6,9,11,18H,4,7-8,10,12-16H2,1-3H3,(H2,21,22,23). The molecular weight excluding hydrogens is 312 g/mol. The van der Waals surface area contributed by atoms with Gasteiger partial charge in [-0.3, -0.25) is 9.89 Å². The number of rotatable bonds is 8. The zero-order chi connectivity index (χ0) is 17.9.